The quantitative estimate of drug-likeness (QED) is 0.367. The first-order chi connectivity index (χ1) is 9.97. The van der Waals surface area contributed by atoms with Crippen LogP contribution in [0.5, 0.6) is 5.75 Å². The molecule has 1 heterocycles. The van der Waals surface area contributed by atoms with Crippen LogP contribution in [0.2, 0.25) is 0 Å². The average molecular weight is 332 g/mol. The molecule has 1 unspecified atom stereocenters. The SMILES string of the molecule is COc1ccc(CC(Cl)C=O)cc1.O=C1CCC(=O)N1Cl. The summed E-state index contributed by atoms with van der Waals surface area (Å²) in [7, 11) is 1.62. The summed E-state index contributed by atoms with van der Waals surface area (Å²) in [6, 6.07) is 7.50. The lowest BCUT2D eigenvalue weighted by atomic mass is 10.1. The van der Waals surface area contributed by atoms with Gasteiger partial charge in [-0.15, -0.1) is 11.6 Å². The van der Waals surface area contributed by atoms with Crippen molar-refractivity contribution in [2.24, 2.45) is 0 Å². The number of rotatable bonds is 4. The Kier molecular flexibility index (Phi) is 7.19. The van der Waals surface area contributed by atoms with Gasteiger partial charge in [-0.2, -0.15) is 4.42 Å². The van der Waals surface area contributed by atoms with Gasteiger partial charge >= 0.3 is 0 Å². The number of hydrogen-bond donors (Lipinski definition) is 0. The molecule has 0 N–H and O–H groups in total. The number of nitrogens with zero attached hydrogens (tertiary/aromatic N) is 1. The van der Waals surface area contributed by atoms with Gasteiger partial charge in [0.1, 0.15) is 12.0 Å². The molecule has 1 saturated heterocycles. The Morgan fingerprint density at radius 1 is 1.24 bits per heavy atom. The number of carbonyl (C=O) groups is 3. The molecule has 2 amide bonds. The van der Waals surface area contributed by atoms with E-state index < -0.39 is 5.38 Å². The molecule has 7 heteroatoms. The third kappa shape index (κ3) is 5.73. The Hall–Kier alpha value is -1.59. The van der Waals surface area contributed by atoms with E-state index in [1.54, 1.807) is 7.11 Å². The van der Waals surface area contributed by atoms with E-state index in [1.807, 2.05) is 24.3 Å². The van der Waals surface area contributed by atoms with E-state index in [-0.39, 0.29) is 24.7 Å². The molecule has 1 fully saturated rings. The van der Waals surface area contributed by atoms with Gasteiger partial charge in [0.05, 0.1) is 12.5 Å². The number of amides is 2. The highest BCUT2D eigenvalue weighted by Gasteiger charge is 2.26. The summed E-state index contributed by atoms with van der Waals surface area (Å²) >= 11 is 10.8. The molecule has 0 spiro atoms. The Morgan fingerprint density at radius 3 is 2.10 bits per heavy atom. The number of methoxy groups -OCH3 is 1. The van der Waals surface area contributed by atoms with Gasteiger partial charge < -0.3 is 9.53 Å². The van der Waals surface area contributed by atoms with Gasteiger partial charge in [0.2, 0.25) is 11.8 Å². The molecule has 114 valence electrons. The third-order valence-corrected chi connectivity index (χ3v) is 3.36. The molecule has 5 nitrogen and oxygen atoms in total. The first kappa shape index (κ1) is 17.5. The number of hydrogen-bond acceptors (Lipinski definition) is 4. The standard InChI is InChI=1S/C10H11ClO2.C4H4ClNO2/c1-13-10-4-2-8(3-5-10)6-9(11)7-12;5-6-3(7)1-2-4(6)8/h2-5,7,9H,6H2,1H3;1-2H2. The summed E-state index contributed by atoms with van der Waals surface area (Å²) in [6.45, 7) is 0. The van der Waals surface area contributed by atoms with Gasteiger partial charge in [0.15, 0.2) is 0 Å². The van der Waals surface area contributed by atoms with Crippen LogP contribution in [-0.4, -0.2) is 35.0 Å². The third-order valence-electron chi connectivity index (χ3n) is 2.73. The molecule has 0 bridgehead atoms. The predicted molar refractivity (Wildman–Crippen MR) is 79.3 cm³/mol. The smallest absolute Gasteiger partial charge is 0.244 e. The molecule has 1 aromatic rings. The predicted octanol–water partition coefficient (Wildman–Crippen LogP) is 2.33. The van der Waals surface area contributed by atoms with Gasteiger partial charge in [-0.25, -0.2) is 0 Å². The van der Waals surface area contributed by atoms with Crippen molar-refractivity contribution >= 4 is 41.5 Å². The fraction of sp³-hybridized carbons (Fsp3) is 0.357. The minimum absolute atomic E-state index is 0.266. The molecule has 1 atom stereocenters. The van der Waals surface area contributed by atoms with E-state index in [1.165, 1.54) is 0 Å². The molecule has 21 heavy (non-hydrogen) atoms. The number of benzene rings is 1. The van der Waals surface area contributed by atoms with Gasteiger partial charge in [0.25, 0.3) is 0 Å². The lowest BCUT2D eigenvalue weighted by Crippen LogP contribution is -2.16. The van der Waals surface area contributed by atoms with Crippen LogP contribution in [0.3, 0.4) is 0 Å². The maximum absolute atomic E-state index is 10.4. The minimum atomic E-state index is -0.437. The molecule has 1 aliphatic rings. The van der Waals surface area contributed by atoms with Crippen molar-refractivity contribution in [3.05, 3.63) is 29.8 Å². The molecule has 0 radical (unpaired) electrons. The molecule has 0 aliphatic carbocycles. The van der Waals surface area contributed by atoms with Gasteiger partial charge in [0, 0.05) is 24.6 Å². The molecule has 1 aromatic carbocycles. The molecular weight excluding hydrogens is 317 g/mol. The molecule has 0 saturated carbocycles. The van der Waals surface area contributed by atoms with E-state index in [2.05, 4.69) is 0 Å². The maximum Gasteiger partial charge on any atom is 0.244 e. The Balaban J connectivity index is 0.000000235. The number of alkyl halides is 1. The van der Waals surface area contributed by atoms with Gasteiger partial charge in [-0.1, -0.05) is 12.1 Å². The van der Waals surface area contributed by atoms with Crippen molar-refractivity contribution in [3.8, 4) is 5.75 Å². The number of halogens is 2. The second-order valence-corrected chi connectivity index (χ2v) is 5.17. The zero-order chi connectivity index (χ0) is 15.8. The zero-order valence-electron chi connectivity index (χ0n) is 11.4. The molecule has 2 rings (SSSR count). The minimum Gasteiger partial charge on any atom is -0.497 e. The Labute approximate surface area is 132 Å². The van der Waals surface area contributed by atoms with Crippen LogP contribution in [0.15, 0.2) is 24.3 Å². The largest absolute Gasteiger partial charge is 0.497 e. The zero-order valence-corrected chi connectivity index (χ0v) is 12.9. The highest BCUT2D eigenvalue weighted by Crippen LogP contribution is 2.14. The van der Waals surface area contributed by atoms with Crippen molar-refractivity contribution in [1.29, 1.82) is 0 Å². The number of carbonyl (C=O) groups excluding carboxylic acids is 3. The van der Waals surface area contributed by atoms with Crippen LogP contribution in [0.1, 0.15) is 18.4 Å². The molecule has 0 aromatic heterocycles. The van der Waals surface area contributed by atoms with Crippen LogP contribution in [0.25, 0.3) is 0 Å². The monoisotopic (exact) mass is 331 g/mol. The van der Waals surface area contributed by atoms with Crippen LogP contribution in [-0.2, 0) is 20.8 Å². The maximum atomic E-state index is 10.4. The summed E-state index contributed by atoms with van der Waals surface area (Å²) < 4.78 is 5.64. The van der Waals surface area contributed by atoms with Crippen molar-refractivity contribution in [2.45, 2.75) is 24.6 Å². The van der Waals surface area contributed by atoms with Crippen LogP contribution in [0.4, 0.5) is 0 Å². The van der Waals surface area contributed by atoms with Crippen LogP contribution in [0, 0.1) is 0 Å². The highest BCUT2D eigenvalue weighted by atomic mass is 35.5. The summed E-state index contributed by atoms with van der Waals surface area (Å²) in [6.07, 6.45) is 1.84. The van der Waals surface area contributed by atoms with Crippen molar-refractivity contribution in [1.82, 2.24) is 4.42 Å². The van der Waals surface area contributed by atoms with E-state index in [9.17, 15) is 14.4 Å². The van der Waals surface area contributed by atoms with Crippen molar-refractivity contribution in [3.63, 3.8) is 0 Å². The summed E-state index contributed by atoms with van der Waals surface area (Å²) in [5, 5.41) is -0.437. The summed E-state index contributed by atoms with van der Waals surface area (Å²) in [4.78, 5) is 31.0. The van der Waals surface area contributed by atoms with Gasteiger partial charge in [-0.05, 0) is 24.1 Å². The van der Waals surface area contributed by atoms with Crippen molar-refractivity contribution < 1.29 is 19.1 Å². The van der Waals surface area contributed by atoms with E-state index >= 15 is 0 Å². The van der Waals surface area contributed by atoms with E-state index in [4.69, 9.17) is 28.1 Å². The highest BCUT2D eigenvalue weighted by molar-refractivity contribution is 6.32. The fourth-order valence-corrected chi connectivity index (χ4v) is 1.93. The summed E-state index contributed by atoms with van der Waals surface area (Å²) in [5.74, 6) is 0.217. The number of imide groups is 1. The van der Waals surface area contributed by atoms with Crippen molar-refractivity contribution in [2.75, 3.05) is 7.11 Å². The first-order valence-electron chi connectivity index (χ1n) is 6.21. The van der Waals surface area contributed by atoms with E-state index in [0.29, 0.717) is 10.8 Å². The second-order valence-electron chi connectivity index (χ2n) is 4.27. The fourth-order valence-electron chi connectivity index (χ4n) is 1.58. The van der Waals surface area contributed by atoms with Crippen LogP contribution < -0.4 is 4.74 Å². The Morgan fingerprint density at radius 2 is 1.76 bits per heavy atom. The van der Waals surface area contributed by atoms with Crippen LogP contribution >= 0.6 is 23.4 Å². The Bertz CT molecular complexity index is 488. The summed E-state index contributed by atoms with van der Waals surface area (Å²) in [5.41, 5.74) is 1.04. The number of aldehydes is 1. The second kappa shape index (κ2) is 8.64. The molecular formula is C14H15Cl2NO4. The lowest BCUT2D eigenvalue weighted by Gasteiger charge is -2.03. The topological polar surface area (TPSA) is 63.7 Å². The van der Waals surface area contributed by atoms with Gasteiger partial charge in [-0.3, -0.25) is 9.59 Å². The molecule has 1 aliphatic heterocycles. The first-order valence-corrected chi connectivity index (χ1v) is 6.99. The lowest BCUT2D eigenvalue weighted by molar-refractivity contribution is -0.132. The number of ether oxygens (including phenoxy) is 1. The average Bonchev–Trinajstić information content (AvgIpc) is 2.80. The normalized spacial score (nSPS) is 15.3. The van der Waals surface area contributed by atoms with E-state index in [0.717, 1.165) is 17.6 Å².